The van der Waals surface area contributed by atoms with Crippen LogP contribution in [0, 0.1) is 0 Å². The van der Waals surface area contributed by atoms with E-state index in [-0.39, 0.29) is 10.8 Å². The second kappa shape index (κ2) is 6.86. The van der Waals surface area contributed by atoms with Crippen molar-refractivity contribution in [3.63, 3.8) is 0 Å². The fourth-order valence-corrected chi connectivity index (χ4v) is 4.59. The number of furan rings is 1. The Morgan fingerprint density at radius 3 is 2.46 bits per heavy atom. The molecule has 0 radical (unpaired) electrons. The van der Waals surface area contributed by atoms with Gasteiger partial charge in [0.05, 0.1) is 11.2 Å². The number of halogens is 1. The molecule has 136 valence electrons. The minimum Gasteiger partial charge on any atom is -0.459 e. The first-order chi connectivity index (χ1) is 12.5. The molecule has 1 aliphatic rings. The molecule has 0 bridgehead atoms. The third kappa shape index (κ3) is 3.27. The lowest BCUT2D eigenvalue weighted by Crippen LogP contribution is -2.37. The second-order valence-electron chi connectivity index (χ2n) is 6.06. The topological polar surface area (TPSA) is 89.4 Å². The number of rotatable bonds is 4. The van der Waals surface area contributed by atoms with Crippen molar-refractivity contribution in [1.29, 1.82) is 0 Å². The zero-order valence-corrected chi connectivity index (χ0v) is 15.3. The van der Waals surface area contributed by atoms with E-state index in [1.807, 2.05) is 0 Å². The maximum absolute atomic E-state index is 12.7. The molecule has 26 heavy (non-hydrogen) atoms. The van der Waals surface area contributed by atoms with Crippen LogP contribution in [-0.4, -0.2) is 36.0 Å². The van der Waals surface area contributed by atoms with Crippen LogP contribution < -0.4 is 0 Å². The van der Waals surface area contributed by atoms with Crippen molar-refractivity contribution in [1.82, 2.24) is 14.5 Å². The van der Waals surface area contributed by atoms with Gasteiger partial charge in [-0.1, -0.05) is 11.6 Å². The summed E-state index contributed by atoms with van der Waals surface area (Å²) in [6, 6.07) is 9.71. The van der Waals surface area contributed by atoms with Gasteiger partial charge in [-0.15, -0.1) is 10.2 Å². The Balaban J connectivity index is 1.45. The summed E-state index contributed by atoms with van der Waals surface area (Å²) >= 11 is 5.84. The first-order valence-electron chi connectivity index (χ1n) is 8.17. The van der Waals surface area contributed by atoms with Crippen molar-refractivity contribution < 1.29 is 17.3 Å². The number of sulfonamides is 1. The van der Waals surface area contributed by atoms with Crippen molar-refractivity contribution in [2.24, 2.45) is 0 Å². The molecule has 3 heterocycles. The Bertz CT molecular complexity index is 975. The number of piperidine rings is 1. The van der Waals surface area contributed by atoms with Gasteiger partial charge in [0.15, 0.2) is 5.76 Å². The van der Waals surface area contributed by atoms with Crippen LogP contribution in [0.4, 0.5) is 0 Å². The largest absolute Gasteiger partial charge is 0.459 e. The summed E-state index contributed by atoms with van der Waals surface area (Å²) in [5.41, 5.74) is 0. The van der Waals surface area contributed by atoms with E-state index in [0.29, 0.717) is 48.5 Å². The van der Waals surface area contributed by atoms with Crippen molar-refractivity contribution in [2.45, 2.75) is 23.7 Å². The molecule has 0 aliphatic carbocycles. The molecule has 0 spiro atoms. The minimum atomic E-state index is -3.52. The van der Waals surface area contributed by atoms with E-state index < -0.39 is 10.0 Å². The van der Waals surface area contributed by atoms with Crippen LogP contribution >= 0.6 is 11.6 Å². The highest BCUT2D eigenvalue weighted by molar-refractivity contribution is 7.89. The summed E-state index contributed by atoms with van der Waals surface area (Å²) in [5.74, 6) is 1.40. The van der Waals surface area contributed by atoms with Gasteiger partial charge in [-0.3, -0.25) is 0 Å². The van der Waals surface area contributed by atoms with Gasteiger partial charge in [0.25, 0.3) is 5.89 Å². The molecule has 1 aromatic carbocycles. The molecule has 0 N–H and O–H groups in total. The summed E-state index contributed by atoms with van der Waals surface area (Å²) in [4.78, 5) is 0.248. The van der Waals surface area contributed by atoms with Crippen LogP contribution in [0.25, 0.3) is 11.7 Å². The van der Waals surface area contributed by atoms with E-state index in [1.54, 1.807) is 30.5 Å². The first kappa shape index (κ1) is 17.3. The Kier molecular flexibility index (Phi) is 4.56. The van der Waals surface area contributed by atoms with Gasteiger partial charge < -0.3 is 8.83 Å². The van der Waals surface area contributed by atoms with Crippen LogP contribution in [0.3, 0.4) is 0 Å². The lowest BCUT2D eigenvalue weighted by molar-refractivity contribution is 0.291. The number of hydrogen-bond donors (Lipinski definition) is 0. The predicted octanol–water partition coefficient (Wildman–Crippen LogP) is 3.55. The average Bonchev–Trinajstić information content (AvgIpc) is 3.34. The van der Waals surface area contributed by atoms with Crippen LogP contribution in [0.2, 0.25) is 5.02 Å². The highest BCUT2D eigenvalue weighted by Crippen LogP contribution is 2.31. The lowest BCUT2D eigenvalue weighted by atomic mass is 9.98. The standard InChI is InChI=1S/C17H16ClN3O4S/c18-13-3-5-14(6-4-13)26(22,23)21-9-7-12(8-10-21)16-19-20-17(25-16)15-2-1-11-24-15/h1-6,11-12H,7-10H2. The fraction of sp³-hybridized carbons (Fsp3) is 0.294. The Labute approximate surface area is 155 Å². The third-order valence-electron chi connectivity index (χ3n) is 4.43. The maximum atomic E-state index is 12.7. The molecule has 1 saturated heterocycles. The summed E-state index contributed by atoms with van der Waals surface area (Å²) < 4.78 is 37.9. The van der Waals surface area contributed by atoms with Crippen LogP contribution in [0.15, 0.2) is 56.4 Å². The predicted molar refractivity (Wildman–Crippen MR) is 94.2 cm³/mol. The average molecular weight is 394 g/mol. The van der Waals surface area contributed by atoms with Gasteiger partial charge in [0.2, 0.25) is 15.9 Å². The number of benzene rings is 1. The summed E-state index contributed by atoms with van der Waals surface area (Å²) in [6.45, 7) is 0.794. The van der Waals surface area contributed by atoms with Gasteiger partial charge in [0.1, 0.15) is 0 Å². The highest BCUT2D eigenvalue weighted by Gasteiger charge is 2.32. The molecular weight excluding hydrogens is 378 g/mol. The Hall–Kier alpha value is -2.16. The van der Waals surface area contributed by atoms with Crippen molar-refractivity contribution in [3.8, 4) is 11.7 Å². The van der Waals surface area contributed by atoms with Crippen molar-refractivity contribution in [3.05, 3.63) is 53.6 Å². The fourth-order valence-electron chi connectivity index (χ4n) is 3.00. The monoisotopic (exact) mass is 393 g/mol. The van der Waals surface area contributed by atoms with E-state index in [2.05, 4.69) is 10.2 Å². The van der Waals surface area contributed by atoms with Crippen LogP contribution in [-0.2, 0) is 10.0 Å². The first-order valence-corrected chi connectivity index (χ1v) is 9.99. The summed E-state index contributed by atoms with van der Waals surface area (Å²) in [7, 11) is -3.52. The summed E-state index contributed by atoms with van der Waals surface area (Å²) in [6.07, 6.45) is 2.78. The molecule has 0 atom stereocenters. The van der Waals surface area contributed by atoms with E-state index in [4.69, 9.17) is 20.4 Å². The zero-order valence-electron chi connectivity index (χ0n) is 13.7. The molecule has 1 aliphatic heterocycles. The van der Waals surface area contributed by atoms with Crippen LogP contribution in [0.5, 0.6) is 0 Å². The molecular formula is C17H16ClN3O4S. The van der Waals surface area contributed by atoms with Crippen LogP contribution in [0.1, 0.15) is 24.7 Å². The van der Waals surface area contributed by atoms with Crippen molar-refractivity contribution >= 4 is 21.6 Å². The van der Waals surface area contributed by atoms with E-state index in [1.165, 1.54) is 16.4 Å². The smallest absolute Gasteiger partial charge is 0.283 e. The molecule has 2 aromatic heterocycles. The van der Waals surface area contributed by atoms with E-state index in [9.17, 15) is 8.42 Å². The molecule has 9 heteroatoms. The number of aromatic nitrogens is 2. The quantitative estimate of drug-likeness (QED) is 0.673. The van der Waals surface area contributed by atoms with E-state index >= 15 is 0 Å². The van der Waals surface area contributed by atoms with E-state index in [0.717, 1.165) is 0 Å². The molecule has 1 fully saturated rings. The third-order valence-corrected chi connectivity index (χ3v) is 6.59. The van der Waals surface area contributed by atoms with Crippen molar-refractivity contribution in [2.75, 3.05) is 13.1 Å². The Morgan fingerprint density at radius 2 is 1.81 bits per heavy atom. The maximum Gasteiger partial charge on any atom is 0.283 e. The normalized spacial score (nSPS) is 16.8. The highest BCUT2D eigenvalue weighted by atomic mass is 35.5. The Morgan fingerprint density at radius 1 is 1.08 bits per heavy atom. The van der Waals surface area contributed by atoms with Gasteiger partial charge >= 0.3 is 0 Å². The van der Waals surface area contributed by atoms with Gasteiger partial charge in [-0.2, -0.15) is 4.31 Å². The summed E-state index contributed by atoms with van der Waals surface area (Å²) in [5, 5.41) is 8.60. The molecule has 0 unspecified atom stereocenters. The number of nitrogens with zero attached hydrogens (tertiary/aromatic N) is 3. The molecule has 0 amide bonds. The lowest BCUT2D eigenvalue weighted by Gasteiger charge is -2.29. The SMILES string of the molecule is O=S(=O)(c1ccc(Cl)cc1)N1CCC(c2nnc(-c3ccco3)o2)CC1. The molecule has 0 saturated carbocycles. The zero-order chi connectivity index (χ0) is 18.1. The van der Waals surface area contributed by atoms with Gasteiger partial charge in [-0.25, -0.2) is 8.42 Å². The number of hydrogen-bond acceptors (Lipinski definition) is 6. The molecule has 7 nitrogen and oxygen atoms in total. The molecule has 3 aromatic rings. The molecule has 4 rings (SSSR count). The second-order valence-corrected chi connectivity index (χ2v) is 8.43. The van der Waals surface area contributed by atoms with Gasteiger partial charge in [-0.05, 0) is 49.2 Å². The minimum absolute atomic E-state index is 0.0304. The van der Waals surface area contributed by atoms with Gasteiger partial charge in [0, 0.05) is 24.0 Å².